The minimum Gasteiger partial charge on any atom is -0.330 e. The van der Waals surface area contributed by atoms with E-state index in [4.69, 9.17) is 5.73 Å². The van der Waals surface area contributed by atoms with Crippen molar-refractivity contribution in [1.82, 2.24) is 5.43 Å². The molecule has 0 spiro atoms. The molecule has 0 saturated carbocycles. The number of nitrogens with one attached hydrogen (secondary N) is 1. The number of nitrogens with two attached hydrogens (primary N) is 1. The fraction of sp³-hybridized carbons (Fsp3) is 0.417. The van der Waals surface area contributed by atoms with Crippen LogP contribution in [0.5, 0.6) is 0 Å². The molecule has 0 bridgehead atoms. The van der Waals surface area contributed by atoms with Crippen LogP contribution in [0.1, 0.15) is 12.5 Å². The van der Waals surface area contributed by atoms with Gasteiger partial charge in [-0.05, 0) is 30.7 Å². The molecule has 1 aliphatic rings. The second-order valence-electron chi connectivity index (χ2n) is 4.15. The minimum atomic E-state index is 0.0539. The van der Waals surface area contributed by atoms with Crippen LogP contribution in [0.4, 0.5) is 5.69 Å². The number of benzene rings is 1. The molecule has 1 fully saturated rings. The second kappa shape index (κ2) is 4.63. The molecule has 1 atom stereocenters. The largest absolute Gasteiger partial charge is 0.330 e. The molecular weight excluding hydrogens is 202 g/mol. The van der Waals surface area contributed by atoms with Crippen LogP contribution in [0.2, 0.25) is 0 Å². The number of hydrazine groups is 1. The van der Waals surface area contributed by atoms with Crippen molar-refractivity contribution < 1.29 is 4.79 Å². The van der Waals surface area contributed by atoms with Gasteiger partial charge in [0.1, 0.15) is 0 Å². The lowest BCUT2D eigenvalue weighted by Crippen LogP contribution is -2.34. The average molecular weight is 219 g/mol. The van der Waals surface area contributed by atoms with Crippen LogP contribution in [0, 0.1) is 5.92 Å². The summed E-state index contributed by atoms with van der Waals surface area (Å²) in [6, 6.07) is 7.93. The number of hydrogen-bond donors (Lipinski definition) is 2. The summed E-state index contributed by atoms with van der Waals surface area (Å²) in [7, 11) is 0. The van der Waals surface area contributed by atoms with Crippen molar-refractivity contribution in [2.24, 2.45) is 11.7 Å². The highest BCUT2D eigenvalue weighted by molar-refractivity contribution is 5.96. The van der Waals surface area contributed by atoms with Gasteiger partial charge in [-0.25, -0.2) is 10.4 Å². The summed E-state index contributed by atoms with van der Waals surface area (Å²) < 4.78 is 0. The number of nitrogens with zero attached hydrogens (tertiary/aromatic N) is 1. The van der Waals surface area contributed by atoms with Gasteiger partial charge in [0.15, 0.2) is 0 Å². The Balaban J connectivity index is 2.20. The molecule has 1 saturated heterocycles. The van der Waals surface area contributed by atoms with Crippen LogP contribution in [-0.2, 0) is 11.2 Å². The highest BCUT2D eigenvalue weighted by Crippen LogP contribution is 2.20. The van der Waals surface area contributed by atoms with Gasteiger partial charge in [0.05, 0.1) is 11.6 Å². The zero-order valence-corrected chi connectivity index (χ0v) is 9.44. The first-order chi connectivity index (χ1) is 7.72. The van der Waals surface area contributed by atoms with Gasteiger partial charge in [0.2, 0.25) is 5.91 Å². The fourth-order valence-electron chi connectivity index (χ4n) is 1.85. The third kappa shape index (κ3) is 2.08. The summed E-state index contributed by atoms with van der Waals surface area (Å²) in [6.07, 6.45) is 0.839. The van der Waals surface area contributed by atoms with Crippen LogP contribution in [-0.4, -0.2) is 19.0 Å². The Morgan fingerprint density at radius 1 is 1.56 bits per heavy atom. The predicted octanol–water partition coefficient (Wildman–Crippen LogP) is 0.675. The standard InChI is InChI=1S/C12H17N3O/c1-9-8-14-15(12(9)16)11-4-2-3-10(7-11)5-6-13/h2-4,7,9,14H,5-6,8,13H2,1H3. The summed E-state index contributed by atoms with van der Waals surface area (Å²) in [6.45, 7) is 3.26. The third-order valence-electron chi connectivity index (χ3n) is 2.80. The Kier molecular flexibility index (Phi) is 3.22. The van der Waals surface area contributed by atoms with E-state index in [0.717, 1.165) is 17.7 Å². The van der Waals surface area contributed by atoms with Gasteiger partial charge >= 0.3 is 0 Å². The normalized spacial score (nSPS) is 20.5. The van der Waals surface area contributed by atoms with Gasteiger partial charge in [-0.1, -0.05) is 19.1 Å². The molecular formula is C12H17N3O. The Hall–Kier alpha value is -1.39. The minimum absolute atomic E-state index is 0.0539. The Morgan fingerprint density at radius 3 is 3.00 bits per heavy atom. The van der Waals surface area contributed by atoms with E-state index in [0.29, 0.717) is 13.1 Å². The highest BCUT2D eigenvalue weighted by Gasteiger charge is 2.28. The second-order valence-corrected chi connectivity index (χ2v) is 4.15. The maximum atomic E-state index is 11.8. The average Bonchev–Trinajstić information content (AvgIpc) is 2.61. The maximum Gasteiger partial charge on any atom is 0.245 e. The van der Waals surface area contributed by atoms with Crippen molar-refractivity contribution in [3.63, 3.8) is 0 Å². The van der Waals surface area contributed by atoms with Gasteiger partial charge in [0, 0.05) is 6.54 Å². The van der Waals surface area contributed by atoms with Crippen molar-refractivity contribution in [3.05, 3.63) is 29.8 Å². The molecule has 4 nitrogen and oxygen atoms in total. The molecule has 3 N–H and O–H groups in total. The topological polar surface area (TPSA) is 58.4 Å². The van der Waals surface area contributed by atoms with E-state index in [1.165, 1.54) is 0 Å². The molecule has 1 aliphatic heterocycles. The SMILES string of the molecule is CC1CNN(c2cccc(CCN)c2)C1=O. The third-order valence-corrected chi connectivity index (χ3v) is 2.80. The molecule has 16 heavy (non-hydrogen) atoms. The zero-order chi connectivity index (χ0) is 11.5. The smallest absolute Gasteiger partial charge is 0.245 e. The molecule has 1 unspecified atom stereocenters. The molecule has 0 radical (unpaired) electrons. The molecule has 86 valence electrons. The number of rotatable bonds is 3. The van der Waals surface area contributed by atoms with Crippen LogP contribution in [0.15, 0.2) is 24.3 Å². The zero-order valence-electron chi connectivity index (χ0n) is 9.44. The molecule has 0 aliphatic carbocycles. The van der Waals surface area contributed by atoms with E-state index >= 15 is 0 Å². The summed E-state index contributed by atoms with van der Waals surface area (Å²) >= 11 is 0. The molecule has 0 aromatic heterocycles. The van der Waals surface area contributed by atoms with E-state index < -0.39 is 0 Å². The van der Waals surface area contributed by atoms with Crippen molar-refractivity contribution in [2.75, 3.05) is 18.1 Å². The Morgan fingerprint density at radius 2 is 2.38 bits per heavy atom. The van der Waals surface area contributed by atoms with Gasteiger partial charge in [-0.15, -0.1) is 0 Å². The van der Waals surface area contributed by atoms with Crippen LogP contribution in [0.25, 0.3) is 0 Å². The number of carbonyl (C=O) groups is 1. The molecule has 1 aromatic rings. The first kappa shape index (κ1) is 11.1. The lowest BCUT2D eigenvalue weighted by molar-refractivity contribution is -0.119. The fourth-order valence-corrected chi connectivity index (χ4v) is 1.85. The molecule has 1 heterocycles. The molecule has 2 rings (SSSR count). The summed E-state index contributed by atoms with van der Waals surface area (Å²) in [5.74, 6) is 0.183. The first-order valence-corrected chi connectivity index (χ1v) is 5.59. The van der Waals surface area contributed by atoms with Crippen LogP contribution in [0.3, 0.4) is 0 Å². The van der Waals surface area contributed by atoms with E-state index in [9.17, 15) is 4.79 Å². The van der Waals surface area contributed by atoms with Gasteiger partial charge in [0.25, 0.3) is 0 Å². The molecule has 1 aromatic carbocycles. The number of carbonyl (C=O) groups excluding carboxylic acids is 1. The lowest BCUT2D eigenvalue weighted by atomic mass is 10.1. The van der Waals surface area contributed by atoms with Crippen LogP contribution >= 0.6 is 0 Å². The Labute approximate surface area is 95.4 Å². The summed E-state index contributed by atoms with van der Waals surface area (Å²) in [4.78, 5) is 11.8. The van der Waals surface area contributed by atoms with Gasteiger partial charge < -0.3 is 5.73 Å². The van der Waals surface area contributed by atoms with Gasteiger partial charge in [-0.2, -0.15) is 0 Å². The summed E-state index contributed by atoms with van der Waals surface area (Å²) in [5.41, 5.74) is 10.7. The molecule has 4 heteroatoms. The Bertz CT molecular complexity index is 392. The van der Waals surface area contributed by atoms with E-state index in [1.54, 1.807) is 5.01 Å². The lowest BCUT2D eigenvalue weighted by Gasteiger charge is -2.16. The summed E-state index contributed by atoms with van der Waals surface area (Å²) in [5, 5.41) is 1.63. The first-order valence-electron chi connectivity index (χ1n) is 5.59. The van der Waals surface area contributed by atoms with E-state index in [2.05, 4.69) is 5.43 Å². The molecule has 1 amide bonds. The predicted molar refractivity (Wildman–Crippen MR) is 63.9 cm³/mol. The monoisotopic (exact) mass is 219 g/mol. The van der Waals surface area contributed by atoms with Crippen molar-refractivity contribution in [3.8, 4) is 0 Å². The van der Waals surface area contributed by atoms with E-state index in [-0.39, 0.29) is 11.8 Å². The number of anilines is 1. The van der Waals surface area contributed by atoms with Crippen molar-refractivity contribution in [1.29, 1.82) is 0 Å². The van der Waals surface area contributed by atoms with E-state index in [1.807, 2.05) is 31.2 Å². The quantitative estimate of drug-likeness (QED) is 0.785. The highest BCUT2D eigenvalue weighted by atomic mass is 16.2. The van der Waals surface area contributed by atoms with Crippen LogP contribution < -0.4 is 16.2 Å². The van der Waals surface area contributed by atoms with Crippen molar-refractivity contribution >= 4 is 11.6 Å². The van der Waals surface area contributed by atoms with Gasteiger partial charge in [-0.3, -0.25) is 4.79 Å². The number of amides is 1. The van der Waals surface area contributed by atoms with Crippen molar-refractivity contribution in [2.45, 2.75) is 13.3 Å². The maximum absolute atomic E-state index is 11.8. The number of hydrogen-bond acceptors (Lipinski definition) is 3.